The van der Waals surface area contributed by atoms with Gasteiger partial charge in [-0.25, -0.2) is 17.1 Å². The van der Waals surface area contributed by atoms with E-state index in [0.29, 0.717) is 12.2 Å². The molecule has 0 saturated heterocycles. The molecule has 0 unspecified atom stereocenters. The number of aromatic nitrogens is 2. The number of benzene rings is 1. The topological polar surface area (TPSA) is 95.2 Å². The van der Waals surface area contributed by atoms with Gasteiger partial charge in [0.1, 0.15) is 5.82 Å². The summed E-state index contributed by atoms with van der Waals surface area (Å²) in [7, 11) is -2.28. The molecule has 0 radical (unpaired) electrons. The standard InChI is InChI=1S/C18H25FN4O3S/c1-18(2,3)15-12-16(22-21-15)20-17(24)6-5-11-23(4)27(25,26)14-9-7-13(19)8-10-14/h7-10,12H,5-6,11H2,1-4H3,(H2,20,21,22,24). The van der Waals surface area contributed by atoms with E-state index in [1.165, 1.54) is 19.2 Å². The van der Waals surface area contributed by atoms with Gasteiger partial charge in [0.05, 0.1) is 4.90 Å². The third-order valence-corrected chi connectivity index (χ3v) is 5.92. The van der Waals surface area contributed by atoms with Crippen LogP contribution in [-0.4, -0.2) is 42.4 Å². The zero-order valence-corrected chi connectivity index (χ0v) is 16.7. The molecule has 7 nitrogen and oxygen atoms in total. The molecule has 27 heavy (non-hydrogen) atoms. The van der Waals surface area contributed by atoms with Gasteiger partial charge < -0.3 is 5.32 Å². The van der Waals surface area contributed by atoms with E-state index in [1.807, 2.05) is 20.8 Å². The Morgan fingerprint density at radius 3 is 2.44 bits per heavy atom. The molecule has 0 fully saturated rings. The molecule has 0 saturated carbocycles. The average molecular weight is 396 g/mol. The van der Waals surface area contributed by atoms with Gasteiger partial charge in [0, 0.05) is 37.2 Å². The molecule has 0 aliphatic heterocycles. The van der Waals surface area contributed by atoms with Crippen LogP contribution in [0.15, 0.2) is 35.2 Å². The van der Waals surface area contributed by atoms with E-state index in [2.05, 4.69) is 15.5 Å². The van der Waals surface area contributed by atoms with E-state index >= 15 is 0 Å². The number of aromatic amines is 1. The van der Waals surface area contributed by atoms with E-state index in [9.17, 15) is 17.6 Å². The minimum atomic E-state index is -3.71. The minimum absolute atomic E-state index is 0.0158. The van der Waals surface area contributed by atoms with Crippen molar-refractivity contribution >= 4 is 21.7 Å². The number of sulfonamides is 1. The number of nitrogens with one attached hydrogen (secondary N) is 2. The van der Waals surface area contributed by atoms with Crippen LogP contribution in [-0.2, 0) is 20.2 Å². The highest BCUT2D eigenvalue weighted by atomic mass is 32.2. The monoisotopic (exact) mass is 396 g/mol. The first-order valence-electron chi connectivity index (χ1n) is 8.58. The molecule has 0 atom stereocenters. The highest BCUT2D eigenvalue weighted by Gasteiger charge is 2.21. The number of hydrogen-bond donors (Lipinski definition) is 2. The van der Waals surface area contributed by atoms with Gasteiger partial charge >= 0.3 is 0 Å². The van der Waals surface area contributed by atoms with Crippen molar-refractivity contribution in [2.75, 3.05) is 18.9 Å². The second-order valence-corrected chi connectivity index (χ2v) is 9.39. The number of H-pyrrole nitrogens is 1. The summed E-state index contributed by atoms with van der Waals surface area (Å²) in [4.78, 5) is 12.1. The Balaban J connectivity index is 1.85. The third kappa shape index (κ3) is 5.61. The van der Waals surface area contributed by atoms with Gasteiger partial charge in [0.2, 0.25) is 15.9 Å². The van der Waals surface area contributed by atoms with E-state index < -0.39 is 15.8 Å². The SMILES string of the molecule is CN(CCCC(=O)Nc1cc(C(C)(C)C)[nH]n1)S(=O)(=O)c1ccc(F)cc1. The molecule has 2 aromatic rings. The lowest BCUT2D eigenvalue weighted by atomic mass is 9.92. The summed E-state index contributed by atoms with van der Waals surface area (Å²) in [6.45, 7) is 6.26. The first-order chi connectivity index (χ1) is 12.5. The molecule has 1 aromatic carbocycles. The van der Waals surface area contributed by atoms with Crippen LogP contribution in [0.3, 0.4) is 0 Å². The summed E-state index contributed by atoms with van der Waals surface area (Å²) < 4.78 is 38.9. The van der Waals surface area contributed by atoms with Crippen molar-refractivity contribution in [3.05, 3.63) is 41.8 Å². The fraction of sp³-hybridized carbons (Fsp3) is 0.444. The quantitative estimate of drug-likeness (QED) is 0.752. The van der Waals surface area contributed by atoms with E-state index in [1.54, 1.807) is 6.07 Å². The minimum Gasteiger partial charge on any atom is -0.309 e. The molecular weight excluding hydrogens is 371 g/mol. The number of nitrogens with zero attached hydrogens (tertiary/aromatic N) is 2. The molecule has 1 heterocycles. The normalized spacial score (nSPS) is 12.4. The van der Waals surface area contributed by atoms with Gasteiger partial charge in [-0.15, -0.1) is 0 Å². The Hall–Kier alpha value is -2.26. The number of halogens is 1. The van der Waals surface area contributed by atoms with Crippen molar-refractivity contribution in [1.29, 1.82) is 0 Å². The maximum absolute atomic E-state index is 13.0. The van der Waals surface area contributed by atoms with Gasteiger partial charge in [-0.1, -0.05) is 20.8 Å². The summed E-state index contributed by atoms with van der Waals surface area (Å²) in [6, 6.07) is 6.42. The highest BCUT2D eigenvalue weighted by molar-refractivity contribution is 7.89. The summed E-state index contributed by atoms with van der Waals surface area (Å²) >= 11 is 0. The van der Waals surface area contributed by atoms with Gasteiger partial charge in [-0.05, 0) is 30.7 Å². The molecular formula is C18H25FN4O3S. The summed E-state index contributed by atoms with van der Waals surface area (Å²) in [5.74, 6) is -0.298. The first-order valence-corrected chi connectivity index (χ1v) is 10.0. The largest absolute Gasteiger partial charge is 0.309 e. The fourth-order valence-corrected chi connectivity index (χ4v) is 3.55. The number of carbonyl (C=O) groups is 1. The van der Waals surface area contributed by atoms with Crippen molar-refractivity contribution in [3.8, 4) is 0 Å². The van der Waals surface area contributed by atoms with Crippen LogP contribution >= 0.6 is 0 Å². The lowest BCUT2D eigenvalue weighted by Gasteiger charge is -2.17. The molecule has 0 spiro atoms. The average Bonchev–Trinajstić information content (AvgIpc) is 3.03. The summed E-state index contributed by atoms with van der Waals surface area (Å²) in [6.07, 6.45) is 0.500. The number of carbonyl (C=O) groups excluding carboxylic acids is 1. The summed E-state index contributed by atoms with van der Waals surface area (Å²) in [5, 5.41) is 9.64. The predicted molar refractivity (Wildman–Crippen MR) is 101 cm³/mol. The number of hydrogen-bond acceptors (Lipinski definition) is 4. The Morgan fingerprint density at radius 1 is 1.26 bits per heavy atom. The van der Waals surface area contributed by atoms with Crippen LogP contribution < -0.4 is 5.32 Å². The van der Waals surface area contributed by atoms with Crippen molar-refractivity contribution < 1.29 is 17.6 Å². The van der Waals surface area contributed by atoms with E-state index in [0.717, 1.165) is 22.1 Å². The lowest BCUT2D eigenvalue weighted by Crippen LogP contribution is -2.28. The molecule has 2 rings (SSSR count). The number of rotatable bonds is 7. The first kappa shape index (κ1) is 21.0. The second kappa shape index (κ2) is 8.18. The van der Waals surface area contributed by atoms with Crippen molar-refractivity contribution in [3.63, 3.8) is 0 Å². The Kier molecular flexibility index (Phi) is 6.38. The van der Waals surface area contributed by atoms with Crippen molar-refractivity contribution in [2.45, 2.75) is 43.9 Å². The predicted octanol–water partition coefficient (Wildman–Crippen LogP) is 2.89. The van der Waals surface area contributed by atoms with E-state index in [-0.39, 0.29) is 29.2 Å². The molecule has 148 valence electrons. The molecule has 2 N–H and O–H groups in total. The Labute approximate surface area is 159 Å². The number of anilines is 1. The molecule has 0 aliphatic carbocycles. The Morgan fingerprint density at radius 2 is 1.89 bits per heavy atom. The van der Waals surface area contributed by atoms with E-state index in [4.69, 9.17) is 0 Å². The van der Waals surface area contributed by atoms with Gasteiger partial charge in [0.25, 0.3) is 0 Å². The van der Waals surface area contributed by atoms with Crippen LogP contribution in [0.1, 0.15) is 39.3 Å². The summed E-state index contributed by atoms with van der Waals surface area (Å²) in [5.41, 5.74) is 0.802. The molecule has 1 amide bonds. The molecule has 0 bridgehead atoms. The zero-order chi connectivity index (χ0) is 20.2. The van der Waals surface area contributed by atoms with Crippen LogP contribution in [0, 0.1) is 5.82 Å². The van der Waals surface area contributed by atoms with Crippen LogP contribution in [0.5, 0.6) is 0 Å². The van der Waals surface area contributed by atoms with Gasteiger partial charge in [-0.2, -0.15) is 5.10 Å². The maximum atomic E-state index is 13.0. The van der Waals surface area contributed by atoms with Gasteiger partial charge in [0.15, 0.2) is 5.82 Å². The lowest BCUT2D eigenvalue weighted by molar-refractivity contribution is -0.116. The van der Waals surface area contributed by atoms with Crippen LogP contribution in [0.4, 0.5) is 10.2 Å². The smallest absolute Gasteiger partial charge is 0.242 e. The van der Waals surface area contributed by atoms with Crippen molar-refractivity contribution in [2.24, 2.45) is 0 Å². The van der Waals surface area contributed by atoms with Gasteiger partial charge in [-0.3, -0.25) is 9.89 Å². The molecule has 1 aromatic heterocycles. The van der Waals surface area contributed by atoms with Crippen LogP contribution in [0.25, 0.3) is 0 Å². The van der Waals surface area contributed by atoms with Crippen molar-refractivity contribution in [1.82, 2.24) is 14.5 Å². The second-order valence-electron chi connectivity index (χ2n) is 7.35. The molecule has 9 heteroatoms. The maximum Gasteiger partial charge on any atom is 0.242 e. The highest BCUT2D eigenvalue weighted by Crippen LogP contribution is 2.22. The third-order valence-electron chi connectivity index (χ3n) is 4.05. The number of amides is 1. The van der Waals surface area contributed by atoms with Crippen LogP contribution in [0.2, 0.25) is 0 Å². The zero-order valence-electron chi connectivity index (χ0n) is 15.9. The Bertz CT molecular complexity index is 886. The molecule has 0 aliphatic rings. The fourth-order valence-electron chi connectivity index (χ4n) is 2.34.